The van der Waals surface area contributed by atoms with Crippen LogP contribution in [0.25, 0.3) is 0 Å². The molecule has 0 spiro atoms. The number of halogens is 1. The number of carbonyl (C=O) groups is 1. The molecule has 0 atom stereocenters. The van der Waals surface area contributed by atoms with Crippen LogP contribution in [0.2, 0.25) is 0 Å². The van der Waals surface area contributed by atoms with Gasteiger partial charge in [-0.1, -0.05) is 6.08 Å². The zero-order chi connectivity index (χ0) is 13.0. The van der Waals surface area contributed by atoms with Crippen molar-refractivity contribution in [2.75, 3.05) is 6.54 Å². The Kier molecular flexibility index (Phi) is 4.26. The summed E-state index contributed by atoms with van der Waals surface area (Å²) in [7, 11) is 0. The standard InChI is InChI=1S/C13H16FNO2/c1-4-7-15(9(2)3)13(17)11-8-10(14)5-6-12(11)16/h4-6,8-9,16H,1,7H2,2-3H3. The van der Waals surface area contributed by atoms with Crippen LogP contribution in [0.15, 0.2) is 30.9 Å². The molecule has 1 rings (SSSR count). The minimum Gasteiger partial charge on any atom is -0.507 e. The third-order valence-corrected chi connectivity index (χ3v) is 2.40. The third kappa shape index (κ3) is 3.06. The maximum Gasteiger partial charge on any atom is 0.258 e. The highest BCUT2D eigenvalue weighted by molar-refractivity contribution is 5.97. The van der Waals surface area contributed by atoms with Crippen LogP contribution in [0.4, 0.5) is 4.39 Å². The van der Waals surface area contributed by atoms with Crippen LogP contribution < -0.4 is 0 Å². The first-order chi connectivity index (χ1) is 7.97. The lowest BCUT2D eigenvalue weighted by molar-refractivity contribution is 0.0725. The number of phenols is 1. The second-order valence-electron chi connectivity index (χ2n) is 4.00. The van der Waals surface area contributed by atoms with Crippen molar-refractivity contribution in [3.05, 3.63) is 42.2 Å². The summed E-state index contributed by atoms with van der Waals surface area (Å²) >= 11 is 0. The molecule has 4 heteroatoms. The molecule has 0 bridgehead atoms. The fourth-order valence-electron chi connectivity index (χ4n) is 1.50. The second kappa shape index (κ2) is 5.48. The number of rotatable bonds is 4. The van der Waals surface area contributed by atoms with Crippen LogP contribution in [0.3, 0.4) is 0 Å². The molecule has 0 heterocycles. The van der Waals surface area contributed by atoms with Gasteiger partial charge in [0, 0.05) is 12.6 Å². The van der Waals surface area contributed by atoms with E-state index in [9.17, 15) is 14.3 Å². The molecule has 0 aliphatic carbocycles. The van der Waals surface area contributed by atoms with Crippen molar-refractivity contribution >= 4 is 5.91 Å². The molecule has 0 aliphatic heterocycles. The SMILES string of the molecule is C=CCN(C(=O)c1cc(F)ccc1O)C(C)C. The van der Waals surface area contributed by atoms with Crippen LogP contribution >= 0.6 is 0 Å². The van der Waals surface area contributed by atoms with E-state index < -0.39 is 11.7 Å². The van der Waals surface area contributed by atoms with E-state index in [2.05, 4.69) is 6.58 Å². The van der Waals surface area contributed by atoms with Crippen LogP contribution in [0.5, 0.6) is 5.75 Å². The fourth-order valence-corrected chi connectivity index (χ4v) is 1.50. The van der Waals surface area contributed by atoms with Gasteiger partial charge in [-0.25, -0.2) is 4.39 Å². The van der Waals surface area contributed by atoms with Crippen molar-refractivity contribution in [2.24, 2.45) is 0 Å². The van der Waals surface area contributed by atoms with E-state index in [1.54, 1.807) is 6.08 Å². The highest BCUT2D eigenvalue weighted by Crippen LogP contribution is 2.20. The van der Waals surface area contributed by atoms with E-state index in [1.165, 1.54) is 11.0 Å². The molecular weight excluding hydrogens is 221 g/mol. The minimum absolute atomic E-state index is 0.0273. The zero-order valence-corrected chi connectivity index (χ0v) is 9.98. The topological polar surface area (TPSA) is 40.5 Å². The molecule has 17 heavy (non-hydrogen) atoms. The third-order valence-electron chi connectivity index (χ3n) is 2.40. The van der Waals surface area contributed by atoms with Gasteiger partial charge in [-0.3, -0.25) is 4.79 Å². The Morgan fingerprint density at radius 2 is 2.24 bits per heavy atom. The van der Waals surface area contributed by atoms with Gasteiger partial charge in [-0.15, -0.1) is 6.58 Å². The summed E-state index contributed by atoms with van der Waals surface area (Å²) in [6, 6.07) is 3.27. The van der Waals surface area contributed by atoms with Crippen molar-refractivity contribution in [1.82, 2.24) is 4.90 Å². The van der Waals surface area contributed by atoms with Gasteiger partial charge in [-0.2, -0.15) is 0 Å². The lowest BCUT2D eigenvalue weighted by atomic mass is 10.1. The van der Waals surface area contributed by atoms with Crippen LogP contribution in [0, 0.1) is 5.82 Å². The number of aromatic hydroxyl groups is 1. The molecule has 0 saturated heterocycles. The Morgan fingerprint density at radius 1 is 1.59 bits per heavy atom. The Morgan fingerprint density at radius 3 is 2.76 bits per heavy atom. The van der Waals surface area contributed by atoms with Gasteiger partial charge in [-0.05, 0) is 32.0 Å². The summed E-state index contributed by atoms with van der Waals surface area (Å²) in [4.78, 5) is 13.6. The molecule has 92 valence electrons. The lowest BCUT2D eigenvalue weighted by Gasteiger charge is -2.25. The molecule has 1 aromatic rings. The minimum atomic E-state index is -0.548. The van der Waals surface area contributed by atoms with Crippen molar-refractivity contribution in [2.45, 2.75) is 19.9 Å². The van der Waals surface area contributed by atoms with Gasteiger partial charge in [0.05, 0.1) is 5.56 Å². The van der Waals surface area contributed by atoms with Gasteiger partial charge in [0.25, 0.3) is 5.91 Å². The van der Waals surface area contributed by atoms with E-state index in [0.717, 1.165) is 12.1 Å². The molecule has 0 fully saturated rings. The maximum absolute atomic E-state index is 13.1. The Bertz CT molecular complexity index is 429. The summed E-state index contributed by atoms with van der Waals surface area (Å²) in [5.74, 6) is -1.17. The van der Waals surface area contributed by atoms with Crippen LogP contribution in [-0.2, 0) is 0 Å². The number of nitrogens with zero attached hydrogens (tertiary/aromatic N) is 1. The number of phenolic OH excluding ortho intramolecular Hbond substituents is 1. The average Bonchev–Trinajstić information content (AvgIpc) is 2.28. The highest BCUT2D eigenvalue weighted by atomic mass is 19.1. The molecule has 0 aromatic heterocycles. The number of amides is 1. The predicted molar refractivity (Wildman–Crippen MR) is 64.4 cm³/mol. The Balaban J connectivity index is 3.08. The number of carbonyl (C=O) groups excluding carboxylic acids is 1. The smallest absolute Gasteiger partial charge is 0.258 e. The van der Waals surface area contributed by atoms with Gasteiger partial charge in [0.2, 0.25) is 0 Å². The summed E-state index contributed by atoms with van der Waals surface area (Å²) < 4.78 is 13.1. The van der Waals surface area contributed by atoms with Gasteiger partial charge < -0.3 is 10.0 Å². The monoisotopic (exact) mass is 237 g/mol. The highest BCUT2D eigenvalue weighted by Gasteiger charge is 2.20. The molecule has 1 N–H and O–H groups in total. The van der Waals surface area contributed by atoms with Crippen molar-refractivity contribution in [3.8, 4) is 5.75 Å². The number of hydrogen-bond acceptors (Lipinski definition) is 2. The molecule has 0 saturated carbocycles. The largest absolute Gasteiger partial charge is 0.507 e. The normalized spacial score (nSPS) is 10.4. The summed E-state index contributed by atoms with van der Waals surface area (Å²) in [5, 5.41) is 9.56. The zero-order valence-electron chi connectivity index (χ0n) is 9.98. The quantitative estimate of drug-likeness (QED) is 0.817. The molecule has 1 amide bonds. The molecular formula is C13H16FNO2. The molecule has 0 radical (unpaired) electrons. The Hall–Kier alpha value is -1.84. The van der Waals surface area contributed by atoms with Crippen LogP contribution in [-0.4, -0.2) is 28.5 Å². The van der Waals surface area contributed by atoms with Crippen molar-refractivity contribution < 1.29 is 14.3 Å². The van der Waals surface area contributed by atoms with E-state index in [0.29, 0.717) is 6.54 Å². The van der Waals surface area contributed by atoms with E-state index >= 15 is 0 Å². The molecule has 0 unspecified atom stereocenters. The number of hydrogen-bond donors (Lipinski definition) is 1. The van der Waals surface area contributed by atoms with Gasteiger partial charge in [0.1, 0.15) is 11.6 Å². The number of benzene rings is 1. The first-order valence-corrected chi connectivity index (χ1v) is 5.37. The maximum atomic E-state index is 13.1. The predicted octanol–water partition coefficient (Wildman–Crippen LogP) is 2.57. The van der Waals surface area contributed by atoms with Gasteiger partial charge in [0.15, 0.2) is 0 Å². The molecule has 1 aromatic carbocycles. The second-order valence-corrected chi connectivity index (χ2v) is 4.00. The molecule has 0 aliphatic rings. The first-order valence-electron chi connectivity index (χ1n) is 5.37. The van der Waals surface area contributed by atoms with E-state index in [4.69, 9.17) is 0 Å². The van der Waals surface area contributed by atoms with E-state index in [-0.39, 0.29) is 17.4 Å². The fraction of sp³-hybridized carbons (Fsp3) is 0.308. The summed E-state index contributed by atoms with van der Waals surface area (Å²) in [6.07, 6.45) is 1.59. The Labute approximate surface area is 100 Å². The van der Waals surface area contributed by atoms with Crippen molar-refractivity contribution in [3.63, 3.8) is 0 Å². The van der Waals surface area contributed by atoms with Gasteiger partial charge >= 0.3 is 0 Å². The van der Waals surface area contributed by atoms with E-state index in [1.807, 2.05) is 13.8 Å². The summed E-state index contributed by atoms with van der Waals surface area (Å²) in [6.45, 7) is 7.61. The van der Waals surface area contributed by atoms with Crippen molar-refractivity contribution in [1.29, 1.82) is 0 Å². The average molecular weight is 237 g/mol. The molecule has 3 nitrogen and oxygen atoms in total. The van der Waals surface area contributed by atoms with Crippen LogP contribution in [0.1, 0.15) is 24.2 Å². The lowest BCUT2D eigenvalue weighted by Crippen LogP contribution is -2.37. The first kappa shape index (κ1) is 13.2. The summed E-state index contributed by atoms with van der Waals surface area (Å²) in [5.41, 5.74) is -0.0273.